The Labute approximate surface area is 108 Å². The molecule has 0 radical (unpaired) electrons. The molecule has 5 heteroatoms. The third-order valence-corrected chi connectivity index (χ3v) is 3.93. The van der Waals surface area contributed by atoms with E-state index in [2.05, 4.69) is 41.2 Å². The molecule has 18 heavy (non-hydrogen) atoms. The van der Waals surface area contributed by atoms with E-state index in [-0.39, 0.29) is 5.41 Å². The van der Waals surface area contributed by atoms with Gasteiger partial charge in [-0.15, -0.1) is 10.2 Å². The van der Waals surface area contributed by atoms with Crippen LogP contribution >= 0.6 is 0 Å². The lowest BCUT2D eigenvalue weighted by atomic mass is 9.97. The fourth-order valence-corrected chi connectivity index (χ4v) is 2.89. The summed E-state index contributed by atoms with van der Waals surface area (Å²) in [6, 6.07) is 0. The van der Waals surface area contributed by atoms with Gasteiger partial charge in [0.15, 0.2) is 0 Å². The molecule has 1 aromatic rings. The second-order valence-corrected chi connectivity index (χ2v) is 6.62. The first-order valence-electron chi connectivity index (χ1n) is 6.78. The van der Waals surface area contributed by atoms with Crippen molar-refractivity contribution in [2.45, 2.75) is 32.7 Å². The summed E-state index contributed by atoms with van der Waals surface area (Å²) in [5.74, 6) is 3.12. The zero-order valence-corrected chi connectivity index (χ0v) is 11.4. The first-order valence-corrected chi connectivity index (χ1v) is 6.78. The van der Waals surface area contributed by atoms with E-state index < -0.39 is 0 Å². The molecule has 1 N–H and O–H groups in total. The maximum atomic E-state index is 5.75. The van der Waals surface area contributed by atoms with E-state index in [0.29, 0.717) is 0 Å². The Bertz CT molecular complexity index is 411. The van der Waals surface area contributed by atoms with Crippen LogP contribution < -0.4 is 5.32 Å². The lowest BCUT2D eigenvalue weighted by molar-refractivity contribution is 0.261. The minimum absolute atomic E-state index is 0.0588. The van der Waals surface area contributed by atoms with E-state index in [1.165, 1.54) is 0 Å². The van der Waals surface area contributed by atoms with Gasteiger partial charge in [0.1, 0.15) is 0 Å². The van der Waals surface area contributed by atoms with Crippen LogP contribution in [0.3, 0.4) is 0 Å². The fraction of sp³-hybridized carbons (Fsp3) is 0.846. The van der Waals surface area contributed by atoms with Gasteiger partial charge in [-0.1, -0.05) is 20.8 Å². The first-order chi connectivity index (χ1) is 8.52. The predicted octanol–water partition coefficient (Wildman–Crippen LogP) is 1.02. The molecule has 2 saturated heterocycles. The maximum absolute atomic E-state index is 5.75. The third-order valence-electron chi connectivity index (χ3n) is 3.93. The first kappa shape index (κ1) is 12.1. The van der Waals surface area contributed by atoms with Crippen molar-refractivity contribution in [3.05, 3.63) is 11.8 Å². The molecule has 5 nitrogen and oxygen atoms in total. The van der Waals surface area contributed by atoms with E-state index in [1.54, 1.807) is 0 Å². The SMILES string of the molecule is CC(C)(C)c1nnc(CN2CC3CNCC3C2)o1. The van der Waals surface area contributed by atoms with Crippen molar-refractivity contribution < 1.29 is 4.42 Å². The highest BCUT2D eigenvalue weighted by Gasteiger charge is 2.36. The van der Waals surface area contributed by atoms with Crippen molar-refractivity contribution in [3.8, 4) is 0 Å². The van der Waals surface area contributed by atoms with Gasteiger partial charge in [0, 0.05) is 18.5 Å². The molecule has 100 valence electrons. The summed E-state index contributed by atoms with van der Waals surface area (Å²) >= 11 is 0. The van der Waals surface area contributed by atoms with Crippen LogP contribution in [0.4, 0.5) is 0 Å². The highest BCUT2D eigenvalue weighted by atomic mass is 16.4. The normalized spacial score (nSPS) is 28.8. The summed E-state index contributed by atoms with van der Waals surface area (Å²) in [6.45, 7) is 11.7. The fourth-order valence-electron chi connectivity index (χ4n) is 2.89. The van der Waals surface area contributed by atoms with Crippen LogP contribution in [0.1, 0.15) is 32.6 Å². The summed E-state index contributed by atoms with van der Waals surface area (Å²) in [6.07, 6.45) is 0. The van der Waals surface area contributed by atoms with Crippen molar-refractivity contribution in [3.63, 3.8) is 0 Å². The van der Waals surface area contributed by atoms with E-state index in [4.69, 9.17) is 4.42 Å². The average molecular weight is 250 g/mol. The molecule has 2 aliphatic rings. The minimum Gasteiger partial charge on any atom is -0.423 e. The molecular formula is C13H22N4O. The zero-order chi connectivity index (χ0) is 12.8. The van der Waals surface area contributed by atoms with Gasteiger partial charge in [-0.3, -0.25) is 4.90 Å². The number of aromatic nitrogens is 2. The highest BCUT2D eigenvalue weighted by Crippen LogP contribution is 2.27. The molecular weight excluding hydrogens is 228 g/mol. The van der Waals surface area contributed by atoms with Crippen molar-refractivity contribution in [2.75, 3.05) is 26.2 Å². The molecule has 2 aliphatic heterocycles. The number of likely N-dealkylation sites (tertiary alicyclic amines) is 1. The molecule has 0 amide bonds. The average Bonchev–Trinajstić information content (AvgIpc) is 2.90. The largest absolute Gasteiger partial charge is 0.423 e. The second kappa shape index (κ2) is 4.31. The van der Waals surface area contributed by atoms with E-state index in [0.717, 1.165) is 56.3 Å². The van der Waals surface area contributed by atoms with Crippen LogP contribution in [0.5, 0.6) is 0 Å². The molecule has 2 atom stereocenters. The van der Waals surface area contributed by atoms with Gasteiger partial charge in [-0.05, 0) is 24.9 Å². The third kappa shape index (κ3) is 2.29. The van der Waals surface area contributed by atoms with E-state index in [1.807, 2.05) is 0 Å². The Morgan fingerprint density at radius 3 is 2.44 bits per heavy atom. The van der Waals surface area contributed by atoms with Crippen molar-refractivity contribution in [1.82, 2.24) is 20.4 Å². The van der Waals surface area contributed by atoms with Crippen LogP contribution in [0, 0.1) is 11.8 Å². The van der Waals surface area contributed by atoms with Crippen LogP contribution in [0.25, 0.3) is 0 Å². The molecule has 3 heterocycles. The van der Waals surface area contributed by atoms with Gasteiger partial charge in [0.05, 0.1) is 6.54 Å². The standard InChI is InChI=1S/C13H22N4O/c1-13(2,3)12-16-15-11(18-12)8-17-6-9-4-14-5-10(9)7-17/h9-10,14H,4-8H2,1-3H3. The Hall–Kier alpha value is -0.940. The van der Waals surface area contributed by atoms with Gasteiger partial charge in [0.2, 0.25) is 11.8 Å². The van der Waals surface area contributed by atoms with Crippen LogP contribution in [-0.4, -0.2) is 41.3 Å². The van der Waals surface area contributed by atoms with Gasteiger partial charge in [-0.2, -0.15) is 0 Å². The summed E-state index contributed by atoms with van der Waals surface area (Å²) in [5.41, 5.74) is -0.0588. The van der Waals surface area contributed by atoms with Gasteiger partial charge in [-0.25, -0.2) is 0 Å². The van der Waals surface area contributed by atoms with E-state index >= 15 is 0 Å². The number of rotatable bonds is 2. The van der Waals surface area contributed by atoms with E-state index in [9.17, 15) is 0 Å². The van der Waals surface area contributed by atoms with Crippen molar-refractivity contribution in [1.29, 1.82) is 0 Å². The van der Waals surface area contributed by atoms with Gasteiger partial charge >= 0.3 is 0 Å². The minimum atomic E-state index is -0.0588. The highest BCUT2D eigenvalue weighted by molar-refractivity contribution is 4.97. The molecule has 2 unspecified atom stereocenters. The lowest BCUT2D eigenvalue weighted by Crippen LogP contribution is -2.25. The van der Waals surface area contributed by atoms with Crippen molar-refractivity contribution in [2.24, 2.45) is 11.8 Å². The summed E-state index contributed by atoms with van der Waals surface area (Å²) in [4.78, 5) is 2.44. The number of nitrogens with one attached hydrogen (secondary N) is 1. The Kier molecular flexibility index (Phi) is 2.90. The molecule has 0 aromatic carbocycles. The van der Waals surface area contributed by atoms with Gasteiger partial charge < -0.3 is 9.73 Å². The van der Waals surface area contributed by atoms with Crippen LogP contribution in [0.15, 0.2) is 4.42 Å². The van der Waals surface area contributed by atoms with Gasteiger partial charge in [0.25, 0.3) is 0 Å². The molecule has 0 aliphatic carbocycles. The monoisotopic (exact) mass is 250 g/mol. The number of fused-ring (bicyclic) bond motifs is 1. The topological polar surface area (TPSA) is 54.2 Å². The Balaban J connectivity index is 1.62. The zero-order valence-electron chi connectivity index (χ0n) is 11.4. The Morgan fingerprint density at radius 2 is 1.89 bits per heavy atom. The number of hydrogen-bond donors (Lipinski definition) is 1. The predicted molar refractivity (Wildman–Crippen MR) is 68.1 cm³/mol. The van der Waals surface area contributed by atoms with Crippen molar-refractivity contribution >= 4 is 0 Å². The molecule has 3 rings (SSSR count). The molecule has 0 bridgehead atoms. The summed E-state index contributed by atoms with van der Waals surface area (Å²) in [5, 5.41) is 11.8. The summed E-state index contributed by atoms with van der Waals surface area (Å²) in [7, 11) is 0. The molecule has 2 fully saturated rings. The smallest absolute Gasteiger partial charge is 0.230 e. The number of nitrogens with zero attached hydrogens (tertiary/aromatic N) is 3. The molecule has 1 aromatic heterocycles. The van der Waals surface area contributed by atoms with Crippen LogP contribution in [-0.2, 0) is 12.0 Å². The number of hydrogen-bond acceptors (Lipinski definition) is 5. The molecule has 0 saturated carbocycles. The summed E-state index contributed by atoms with van der Waals surface area (Å²) < 4.78 is 5.75. The van der Waals surface area contributed by atoms with Crippen LogP contribution in [0.2, 0.25) is 0 Å². The lowest BCUT2D eigenvalue weighted by Gasteiger charge is -2.14. The maximum Gasteiger partial charge on any atom is 0.230 e. The Morgan fingerprint density at radius 1 is 1.22 bits per heavy atom. The quantitative estimate of drug-likeness (QED) is 0.849. The molecule has 0 spiro atoms. The second-order valence-electron chi connectivity index (χ2n) is 6.62.